The molecule has 27 heavy (non-hydrogen) atoms. The maximum absolute atomic E-state index is 12.6. The molecule has 0 bridgehead atoms. The molecule has 1 aromatic carbocycles. The van der Waals surface area contributed by atoms with Crippen LogP contribution in [0.1, 0.15) is 18.7 Å². The molecule has 3 heterocycles. The Balaban J connectivity index is 1.39. The zero-order chi connectivity index (χ0) is 18.8. The van der Waals surface area contributed by atoms with Crippen LogP contribution in [0, 0.1) is 5.92 Å². The van der Waals surface area contributed by atoms with Gasteiger partial charge in [-0.25, -0.2) is 9.67 Å². The van der Waals surface area contributed by atoms with Crippen molar-refractivity contribution >= 4 is 22.8 Å². The average molecular weight is 366 g/mol. The number of hydrogen-bond donors (Lipinski definition) is 2. The third-order valence-corrected chi connectivity index (χ3v) is 4.93. The Kier molecular flexibility index (Phi) is 4.62. The Bertz CT molecular complexity index is 991. The average Bonchev–Trinajstić information content (AvgIpc) is 3.11. The van der Waals surface area contributed by atoms with Gasteiger partial charge in [0.2, 0.25) is 5.91 Å². The molecule has 8 heteroatoms. The summed E-state index contributed by atoms with van der Waals surface area (Å²) in [6.45, 7) is 1.80. The second-order valence-corrected chi connectivity index (χ2v) is 6.86. The molecule has 1 aliphatic heterocycles. The number of nitrogens with zero attached hydrogens (tertiary/aromatic N) is 4. The number of anilines is 1. The van der Waals surface area contributed by atoms with Crippen LogP contribution in [0.5, 0.6) is 0 Å². The molecule has 1 aliphatic rings. The van der Waals surface area contributed by atoms with E-state index < -0.39 is 0 Å². The number of amides is 1. The summed E-state index contributed by atoms with van der Waals surface area (Å²) in [6, 6.07) is 11.0. The summed E-state index contributed by atoms with van der Waals surface area (Å²) in [6.07, 6.45) is 1.75. The fourth-order valence-corrected chi connectivity index (χ4v) is 3.46. The highest BCUT2D eigenvalue weighted by Gasteiger charge is 2.26. The highest BCUT2D eigenvalue weighted by Crippen LogP contribution is 2.21. The first-order valence-corrected chi connectivity index (χ1v) is 9.11. The van der Waals surface area contributed by atoms with Crippen LogP contribution in [-0.4, -0.2) is 38.7 Å². The van der Waals surface area contributed by atoms with Gasteiger partial charge < -0.3 is 15.2 Å². The summed E-state index contributed by atoms with van der Waals surface area (Å²) < 4.78 is 1.32. The van der Waals surface area contributed by atoms with Gasteiger partial charge in [-0.15, -0.1) is 0 Å². The van der Waals surface area contributed by atoms with Crippen molar-refractivity contribution in [3.8, 4) is 0 Å². The number of rotatable bonds is 4. The van der Waals surface area contributed by atoms with E-state index in [0.717, 1.165) is 42.1 Å². The van der Waals surface area contributed by atoms with Crippen LogP contribution in [0.2, 0.25) is 0 Å². The lowest BCUT2D eigenvalue weighted by atomic mass is 9.97. The zero-order valence-corrected chi connectivity index (χ0v) is 15.2. The van der Waals surface area contributed by atoms with Crippen molar-refractivity contribution in [1.29, 1.82) is 0 Å². The van der Waals surface area contributed by atoms with E-state index in [1.165, 1.54) is 10.7 Å². The van der Waals surface area contributed by atoms with Crippen LogP contribution < -0.4 is 15.8 Å². The standard InChI is InChI=1S/C19H22N6O2/c1-24-18(26)9-8-17(23-24)25-10-4-5-13(12-25)19(27)20-11-16-21-14-6-2-3-7-15(14)22-16/h2-3,6-9,13H,4-5,10-12H2,1H3,(H,20,27)(H,21,22)/t13-/m0/s1. The van der Waals surface area contributed by atoms with Gasteiger partial charge in [-0.1, -0.05) is 12.1 Å². The minimum absolute atomic E-state index is 0.0185. The molecular weight excluding hydrogens is 344 g/mol. The van der Waals surface area contributed by atoms with Gasteiger partial charge in [-0.2, -0.15) is 5.10 Å². The number of para-hydroxylation sites is 2. The minimum Gasteiger partial charge on any atom is -0.354 e. The van der Waals surface area contributed by atoms with Gasteiger partial charge >= 0.3 is 0 Å². The third-order valence-electron chi connectivity index (χ3n) is 4.93. The van der Waals surface area contributed by atoms with Crippen molar-refractivity contribution in [2.24, 2.45) is 13.0 Å². The molecule has 1 atom stereocenters. The van der Waals surface area contributed by atoms with Crippen LogP contribution >= 0.6 is 0 Å². The Morgan fingerprint density at radius 2 is 2.15 bits per heavy atom. The Hall–Kier alpha value is -3.16. The molecule has 2 N–H and O–H groups in total. The lowest BCUT2D eigenvalue weighted by Crippen LogP contribution is -2.43. The first-order valence-electron chi connectivity index (χ1n) is 9.11. The quantitative estimate of drug-likeness (QED) is 0.723. The van der Waals surface area contributed by atoms with Crippen molar-refractivity contribution < 1.29 is 4.79 Å². The lowest BCUT2D eigenvalue weighted by Gasteiger charge is -2.32. The van der Waals surface area contributed by atoms with Gasteiger partial charge in [-0.3, -0.25) is 9.59 Å². The molecule has 1 amide bonds. The second kappa shape index (κ2) is 7.22. The van der Waals surface area contributed by atoms with E-state index >= 15 is 0 Å². The molecule has 140 valence electrons. The Labute approximate surface area is 156 Å². The molecule has 1 fully saturated rings. The van der Waals surface area contributed by atoms with Gasteiger partial charge in [0, 0.05) is 26.2 Å². The fourth-order valence-electron chi connectivity index (χ4n) is 3.46. The maximum Gasteiger partial charge on any atom is 0.266 e. The van der Waals surface area contributed by atoms with Gasteiger partial charge in [0.1, 0.15) is 11.6 Å². The number of carbonyl (C=O) groups excluding carboxylic acids is 1. The number of carbonyl (C=O) groups is 1. The van der Waals surface area contributed by atoms with Crippen LogP contribution in [0.15, 0.2) is 41.2 Å². The Morgan fingerprint density at radius 3 is 2.96 bits per heavy atom. The number of aromatic amines is 1. The van der Waals surface area contributed by atoms with E-state index in [0.29, 0.717) is 13.1 Å². The number of nitrogens with one attached hydrogen (secondary N) is 2. The summed E-state index contributed by atoms with van der Waals surface area (Å²) in [5.41, 5.74) is 1.72. The maximum atomic E-state index is 12.6. The first kappa shape index (κ1) is 17.3. The monoisotopic (exact) mass is 366 g/mol. The number of imidazole rings is 1. The first-order chi connectivity index (χ1) is 13.1. The normalized spacial score (nSPS) is 17.2. The molecule has 1 saturated heterocycles. The summed E-state index contributed by atoms with van der Waals surface area (Å²) in [5.74, 6) is 1.39. The summed E-state index contributed by atoms with van der Waals surface area (Å²) >= 11 is 0. The molecular formula is C19H22N6O2. The van der Waals surface area contributed by atoms with Crippen molar-refractivity contribution in [3.05, 3.63) is 52.6 Å². The molecule has 3 aromatic rings. The van der Waals surface area contributed by atoms with Crippen LogP contribution in [0.25, 0.3) is 11.0 Å². The van der Waals surface area contributed by atoms with E-state index in [-0.39, 0.29) is 17.4 Å². The molecule has 0 aliphatic carbocycles. The molecule has 4 rings (SSSR count). The van der Waals surface area contributed by atoms with E-state index in [9.17, 15) is 9.59 Å². The minimum atomic E-state index is -0.143. The molecule has 8 nitrogen and oxygen atoms in total. The van der Waals surface area contributed by atoms with Gasteiger partial charge in [0.05, 0.1) is 23.5 Å². The molecule has 0 unspecified atom stereocenters. The third kappa shape index (κ3) is 3.69. The van der Waals surface area contributed by atoms with Gasteiger partial charge in [-0.05, 0) is 31.0 Å². The van der Waals surface area contributed by atoms with Crippen LogP contribution in [0.3, 0.4) is 0 Å². The topological polar surface area (TPSA) is 95.9 Å². The predicted octanol–water partition coefficient (Wildman–Crippen LogP) is 1.19. The number of fused-ring (bicyclic) bond motifs is 1. The summed E-state index contributed by atoms with van der Waals surface area (Å²) in [5, 5.41) is 7.28. The van der Waals surface area contributed by atoms with Crippen LogP contribution in [0.4, 0.5) is 5.82 Å². The highest BCUT2D eigenvalue weighted by molar-refractivity contribution is 5.80. The molecule has 0 spiro atoms. The number of aromatic nitrogens is 4. The molecule has 0 radical (unpaired) electrons. The van der Waals surface area contributed by atoms with Gasteiger partial charge in [0.25, 0.3) is 5.56 Å². The zero-order valence-electron chi connectivity index (χ0n) is 15.2. The SMILES string of the molecule is Cn1nc(N2CCC[C@H](C(=O)NCc3nc4ccccc4[nH]3)C2)ccc1=O. The fraction of sp³-hybridized carbons (Fsp3) is 0.368. The molecule has 0 saturated carbocycles. The second-order valence-electron chi connectivity index (χ2n) is 6.86. The highest BCUT2D eigenvalue weighted by atomic mass is 16.2. The largest absolute Gasteiger partial charge is 0.354 e. The number of benzene rings is 1. The van der Waals surface area contributed by atoms with Gasteiger partial charge in [0.15, 0.2) is 0 Å². The van der Waals surface area contributed by atoms with E-state index in [2.05, 4.69) is 25.3 Å². The van der Waals surface area contributed by atoms with Crippen molar-refractivity contribution in [2.45, 2.75) is 19.4 Å². The van der Waals surface area contributed by atoms with E-state index in [4.69, 9.17) is 0 Å². The van der Waals surface area contributed by atoms with Crippen molar-refractivity contribution in [3.63, 3.8) is 0 Å². The van der Waals surface area contributed by atoms with E-state index in [1.54, 1.807) is 13.1 Å². The van der Waals surface area contributed by atoms with Crippen LogP contribution in [-0.2, 0) is 18.4 Å². The lowest BCUT2D eigenvalue weighted by molar-refractivity contribution is -0.125. The summed E-state index contributed by atoms with van der Waals surface area (Å²) in [7, 11) is 1.63. The number of aryl methyl sites for hydroxylation is 1. The summed E-state index contributed by atoms with van der Waals surface area (Å²) in [4.78, 5) is 33.9. The van der Waals surface area contributed by atoms with Crippen molar-refractivity contribution in [2.75, 3.05) is 18.0 Å². The molecule has 2 aromatic heterocycles. The Morgan fingerprint density at radius 1 is 1.30 bits per heavy atom. The number of hydrogen-bond acceptors (Lipinski definition) is 5. The van der Waals surface area contributed by atoms with E-state index in [1.807, 2.05) is 24.3 Å². The van der Waals surface area contributed by atoms with Crippen molar-refractivity contribution in [1.82, 2.24) is 25.1 Å². The smallest absolute Gasteiger partial charge is 0.266 e. The number of H-pyrrole nitrogens is 1. The predicted molar refractivity (Wildman–Crippen MR) is 102 cm³/mol. The number of piperidine rings is 1.